The molecule has 0 unspecified atom stereocenters. The third-order valence-electron chi connectivity index (χ3n) is 5.60. The number of amides is 1. The molecule has 0 bridgehead atoms. The van der Waals surface area contributed by atoms with E-state index in [1.54, 1.807) is 10.7 Å². The van der Waals surface area contributed by atoms with Gasteiger partial charge in [0, 0.05) is 44.8 Å². The Morgan fingerprint density at radius 3 is 2.70 bits per heavy atom. The molecule has 2 aliphatic rings. The van der Waals surface area contributed by atoms with Gasteiger partial charge in [-0.1, -0.05) is 6.07 Å². The zero-order valence-electron chi connectivity index (χ0n) is 15.4. The van der Waals surface area contributed by atoms with Crippen molar-refractivity contribution in [3.63, 3.8) is 0 Å². The number of hydrogen-bond donors (Lipinski definition) is 1. The second kappa shape index (κ2) is 7.38. The maximum atomic E-state index is 13.3. The summed E-state index contributed by atoms with van der Waals surface area (Å²) in [6, 6.07) is 4.24. The lowest BCUT2D eigenvalue weighted by molar-refractivity contribution is -0.123. The average Bonchev–Trinajstić information content (AvgIpc) is 3.34. The van der Waals surface area contributed by atoms with Gasteiger partial charge < -0.3 is 5.32 Å². The van der Waals surface area contributed by atoms with Crippen molar-refractivity contribution in [1.82, 2.24) is 20.0 Å². The molecule has 27 heavy (non-hydrogen) atoms. The molecule has 2 fully saturated rings. The lowest BCUT2D eigenvalue weighted by Crippen LogP contribution is -2.44. The second-order valence-electron chi connectivity index (χ2n) is 7.70. The van der Waals surface area contributed by atoms with Crippen molar-refractivity contribution in [1.29, 1.82) is 0 Å². The summed E-state index contributed by atoms with van der Waals surface area (Å²) in [7, 11) is 1.88. The molecule has 0 spiro atoms. The van der Waals surface area contributed by atoms with Crippen molar-refractivity contribution >= 4 is 5.91 Å². The van der Waals surface area contributed by atoms with E-state index < -0.39 is 11.6 Å². The fraction of sp³-hybridized carbons (Fsp3) is 0.500. The largest absolute Gasteiger partial charge is 0.353 e. The van der Waals surface area contributed by atoms with Crippen LogP contribution >= 0.6 is 0 Å². The SMILES string of the molecule is Cn1cc([C@@H]2C[C@H]2C(=O)NC2CCN(Cc3ccc(F)c(F)c3)CC2)cn1. The van der Waals surface area contributed by atoms with Gasteiger partial charge in [0.15, 0.2) is 11.6 Å². The lowest BCUT2D eigenvalue weighted by atomic mass is 10.0. The fourth-order valence-corrected chi connectivity index (χ4v) is 3.92. The molecular weight excluding hydrogens is 350 g/mol. The van der Waals surface area contributed by atoms with Gasteiger partial charge in [-0.2, -0.15) is 5.10 Å². The van der Waals surface area contributed by atoms with E-state index in [0.29, 0.717) is 12.5 Å². The number of benzene rings is 1. The Kier molecular flexibility index (Phi) is 4.95. The summed E-state index contributed by atoms with van der Waals surface area (Å²) in [5, 5.41) is 7.36. The molecule has 2 heterocycles. The number of nitrogens with one attached hydrogen (secondary N) is 1. The van der Waals surface area contributed by atoms with Gasteiger partial charge in [-0.3, -0.25) is 14.4 Å². The average molecular weight is 374 g/mol. The van der Waals surface area contributed by atoms with E-state index in [2.05, 4.69) is 15.3 Å². The number of carbonyl (C=O) groups excluding carboxylic acids is 1. The standard InChI is InChI=1S/C20H24F2N4O/c1-25-12-14(10-23-25)16-9-17(16)20(27)24-15-4-6-26(7-5-15)11-13-2-3-18(21)19(22)8-13/h2-3,8,10,12,15-17H,4-7,9,11H2,1H3,(H,24,27)/t16-,17+/m0/s1. The molecule has 5 nitrogen and oxygen atoms in total. The quantitative estimate of drug-likeness (QED) is 0.875. The molecule has 1 saturated carbocycles. The van der Waals surface area contributed by atoms with Gasteiger partial charge in [-0.15, -0.1) is 0 Å². The van der Waals surface area contributed by atoms with Crippen LogP contribution in [0.4, 0.5) is 8.78 Å². The summed E-state index contributed by atoms with van der Waals surface area (Å²) in [5.41, 5.74) is 1.91. The predicted octanol–water partition coefficient (Wildman–Crippen LogP) is 2.58. The van der Waals surface area contributed by atoms with Gasteiger partial charge in [-0.25, -0.2) is 8.78 Å². The van der Waals surface area contributed by atoms with Crippen LogP contribution in [0.15, 0.2) is 30.6 Å². The maximum absolute atomic E-state index is 13.3. The zero-order valence-corrected chi connectivity index (χ0v) is 15.4. The van der Waals surface area contributed by atoms with Crippen molar-refractivity contribution in [3.05, 3.63) is 53.4 Å². The molecular formula is C20H24F2N4O. The van der Waals surface area contributed by atoms with Crippen molar-refractivity contribution in [3.8, 4) is 0 Å². The molecule has 1 amide bonds. The normalized spacial score (nSPS) is 23.4. The Balaban J connectivity index is 1.22. The predicted molar refractivity (Wildman–Crippen MR) is 96.9 cm³/mol. The molecule has 2 aromatic rings. The first-order chi connectivity index (χ1) is 13.0. The topological polar surface area (TPSA) is 50.2 Å². The number of rotatable bonds is 5. The molecule has 1 aromatic heterocycles. The first-order valence-corrected chi connectivity index (χ1v) is 9.45. The monoisotopic (exact) mass is 374 g/mol. The van der Waals surface area contributed by atoms with Crippen LogP contribution in [0.5, 0.6) is 0 Å². The number of piperidine rings is 1. The number of nitrogens with zero attached hydrogens (tertiary/aromatic N) is 3. The Labute approximate surface area is 157 Å². The van der Waals surface area contributed by atoms with Crippen LogP contribution in [0.3, 0.4) is 0 Å². The molecule has 7 heteroatoms. The fourth-order valence-electron chi connectivity index (χ4n) is 3.92. The van der Waals surface area contributed by atoms with Gasteiger partial charge in [-0.05, 0) is 48.4 Å². The Hall–Kier alpha value is -2.28. The molecule has 1 N–H and O–H groups in total. The summed E-state index contributed by atoms with van der Waals surface area (Å²) in [6.07, 6.45) is 6.47. The molecule has 144 valence electrons. The first kappa shape index (κ1) is 18.1. The Morgan fingerprint density at radius 1 is 1.26 bits per heavy atom. The second-order valence-corrected chi connectivity index (χ2v) is 7.70. The highest BCUT2D eigenvalue weighted by Gasteiger charge is 2.45. The number of aromatic nitrogens is 2. The first-order valence-electron chi connectivity index (χ1n) is 9.45. The van der Waals surface area contributed by atoms with Crippen LogP contribution in [0, 0.1) is 17.6 Å². The summed E-state index contributed by atoms with van der Waals surface area (Å²) in [5.74, 6) is -1.11. The van der Waals surface area contributed by atoms with Crippen molar-refractivity contribution < 1.29 is 13.6 Å². The summed E-state index contributed by atoms with van der Waals surface area (Å²) in [6.45, 7) is 2.27. The van der Waals surface area contributed by atoms with Crippen molar-refractivity contribution in [2.45, 2.75) is 37.8 Å². The van der Waals surface area contributed by atoms with Crippen LogP contribution in [0.25, 0.3) is 0 Å². The number of aryl methyl sites for hydroxylation is 1. The van der Waals surface area contributed by atoms with E-state index >= 15 is 0 Å². The van der Waals surface area contributed by atoms with Crippen LogP contribution < -0.4 is 5.32 Å². The number of halogens is 2. The zero-order chi connectivity index (χ0) is 19.0. The van der Waals surface area contributed by atoms with E-state index in [-0.39, 0.29) is 17.9 Å². The molecule has 1 aromatic carbocycles. The minimum atomic E-state index is -0.815. The van der Waals surface area contributed by atoms with E-state index in [0.717, 1.165) is 43.5 Å². The third kappa shape index (κ3) is 4.18. The van der Waals surface area contributed by atoms with Gasteiger partial charge in [0.05, 0.1) is 6.20 Å². The molecule has 1 saturated heterocycles. The highest BCUT2D eigenvalue weighted by molar-refractivity contribution is 5.83. The minimum Gasteiger partial charge on any atom is -0.353 e. The Morgan fingerprint density at radius 2 is 2.04 bits per heavy atom. The minimum absolute atomic E-state index is 0.0643. The highest BCUT2D eigenvalue weighted by Crippen LogP contribution is 2.47. The van der Waals surface area contributed by atoms with Crippen molar-refractivity contribution in [2.75, 3.05) is 13.1 Å². The number of carbonyl (C=O) groups is 1. The van der Waals surface area contributed by atoms with Crippen LogP contribution in [-0.4, -0.2) is 39.7 Å². The van der Waals surface area contributed by atoms with Gasteiger partial charge >= 0.3 is 0 Å². The molecule has 2 atom stereocenters. The van der Waals surface area contributed by atoms with Crippen LogP contribution in [-0.2, 0) is 18.4 Å². The van der Waals surface area contributed by atoms with Crippen molar-refractivity contribution in [2.24, 2.45) is 13.0 Å². The summed E-state index contributed by atoms with van der Waals surface area (Å²) >= 11 is 0. The number of likely N-dealkylation sites (tertiary alicyclic amines) is 1. The summed E-state index contributed by atoms with van der Waals surface area (Å²) < 4.78 is 28.1. The van der Waals surface area contributed by atoms with Gasteiger partial charge in [0.25, 0.3) is 0 Å². The van der Waals surface area contributed by atoms with E-state index in [4.69, 9.17) is 0 Å². The molecule has 1 aliphatic heterocycles. The van der Waals surface area contributed by atoms with Crippen LogP contribution in [0.2, 0.25) is 0 Å². The Bertz CT molecular complexity index is 829. The van der Waals surface area contributed by atoms with Gasteiger partial charge in [0.1, 0.15) is 0 Å². The summed E-state index contributed by atoms with van der Waals surface area (Å²) in [4.78, 5) is 14.7. The van der Waals surface area contributed by atoms with E-state index in [1.807, 2.05) is 19.4 Å². The maximum Gasteiger partial charge on any atom is 0.223 e. The van der Waals surface area contributed by atoms with Gasteiger partial charge in [0.2, 0.25) is 5.91 Å². The van der Waals surface area contributed by atoms with Crippen LogP contribution in [0.1, 0.15) is 36.3 Å². The highest BCUT2D eigenvalue weighted by atomic mass is 19.2. The molecule has 1 aliphatic carbocycles. The van der Waals surface area contributed by atoms with E-state index in [9.17, 15) is 13.6 Å². The smallest absolute Gasteiger partial charge is 0.223 e. The number of hydrogen-bond acceptors (Lipinski definition) is 3. The lowest BCUT2D eigenvalue weighted by Gasteiger charge is -2.32. The molecule has 4 rings (SSSR count). The molecule has 0 radical (unpaired) electrons. The third-order valence-corrected chi connectivity index (χ3v) is 5.60. The van der Waals surface area contributed by atoms with E-state index in [1.165, 1.54) is 12.1 Å².